The molecule has 0 saturated carbocycles. The first-order valence-corrected chi connectivity index (χ1v) is 9.81. The molecular formula is C19H23FN2O2S. The second-order valence-electron chi connectivity index (χ2n) is 6.60. The molecule has 1 heterocycles. The van der Waals surface area contributed by atoms with Crippen molar-refractivity contribution in [3.05, 3.63) is 58.9 Å². The number of rotatable bonds is 3. The van der Waals surface area contributed by atoms with Gasteiger partial charge in [-0.1, -0.05) is 17.7 Å². The third-order valence-electron chi connectivity index (χ3n) is 4.63. The number of halogens is 1. The zero-order chi connectivity index (χ0) is 18.2. The van der Waals surface area contributed by atoms with E-state index in [1.807, 2.05) is 32.9 Å². The van der Waals surface area contributed by atoms with E-state index >= 15 is 0 Å². The van der Waals surface area contributed by atoms with E-state index in [0.717, 1.165) is 22.4 Å². The summed E-state index contributed by atoms with van der Waals surface area (Å²) in [5.41, 5.74) is 3.56. The van der Waals surface area contributed by atoms with Gasteiger partial charge in [0.25, 0.3) is 0 Å². The number of nitrogens with zero attached hydrogens (tertiary/aromatic N) is 2. The van der Waals surface area contributed by atoms with E-state index in [1.54, 1.807) is 16.4 Å². The van der Waals surface area contributed by atoms with Gasteiger partial charge in [0.2, 0.25) is 10.0 Å². The maximum absolute atomic E-state index is 13.1. The van der Waals surface area contributed by atoms with Crippen molar-refractivity contribution in [2.75, 3.05) is 31.1 Å². The summed E-state index contributed by atoms with van der Waals surface area (Å²) in [5, 5.41) is 0. The Kier molecular flexibility index (Phi) is 4.84. The normalized spacial score (nSPS) is 16.2. The predicted octanol–water partition coefficient (Wildman–Crippen LogP) is 3.26. The van der Waals surface area contributed by atoms with Crippen molar-refractivity contribution in [3.63, 3.8) is 0 Å². The summed E-state index contributed by atoms with van der Waals surface area (Å²) in [6, 6.07) is 10.1. The van der Waals surface area contributed by atoms with Gasteiger partial charge < -0.3 is 4.90 Å². The van der Waals surface area contributed by atoms with E-state index in [4.69, 9.17) is 0 Å². The zero-order valence-electron chi connectivity index (χ0n) is 14.8. The van der Waals surface area contributed by atoms with Gasteiger partial charge in [0.1, 0.15) is 5.82 Å². The second-order valence-corrected chi connectivity index (χ2v) is 8.47. The van der Waals surface area contributed by atoms with Gasteiger partial charge in [0.05, 0.1) is 4.90 Å². The number of anilines is 1. The lowest BCUT2D eigenvalue weighted by molar-refractivity contribution is 0.384. The van der Waals surface area contributed by atoms with Crippen LogP contribution in [-0.2, 0) is 10.0 Å². The maximum atomic E-state index is 13.1. The fourth-order valence-electron chi connectivity index (χ4n) is 3.54. The molecule has 0 aliphatic carbocycles. The van der Waals surface area contributed by atoms with Crippen molar-refractivity contribution in [3.8, 4) is 0 Å². The monoisotopic (exact) mass is 362 g/mol. The van der Waals surface area contributed by atoms with Gasteiger partial charge in [-0.05, 0) is 56.2 Å². The molecule has 2 aromatic carbocycles. The number of piperazine rings is 1. The molecule has 0 aromatic heterocycles. The highest BCUT2D eigenvalue weighted by molar-refractivity contribution is 7.89. The van der Waals surface area contributed by atoms with Crippen molar-refractivity contribution in [2.24, 2.45) is 0 Å². The van der Waals surface area contributed by atoms with Crippen LogP contribution in [0, 0.1) is 26.6 Å². The van der Waals surface area contributed by atoms with E-state index in [2.05, 4.69) is 4.90 Å². The molecule has 25 heavy (non-hydrogen) atoms. The molecule has 0 N–H and O–H groups in total. The molecule has 6 heteroatoms. The van der Waals surface area contributed by atoms with Crippen molar-refractivity contribution < 1.29 is 12.8 Å². The molecule has 0 amide bonds. The number of hydrogen-bond acceptors (Lipinski definition) is 3. The summed E-state index contributed by atoms with van der Waals surface area (Å²) in [4.78, 5) is 2.51. The van der Waals surface area contributed by atoms with Crippen LogP contribution in [-0.4, -0.2) is 38.9 Å². The van der Waals surface area contributed by atoms with E-state index in [-0.39, 0.29) is 5.82 Å². The lowest BCUT2D eigenvalue weighted by Gasteiger charge is -2.35. The third-order valence-corrected chi connectivity index (χ3v) is 6.84. The van der Waals surface area contributed by atoms with Gasteiger partial charge in [0.15, 0.2) is 0 Å². The minimum absolute atomic E-state index is 0.268. The van der Waals surface area contributed by atoms with Crippen LogP contribution in [0.2, 0.25) is 0 Å². The van der Waals surface area contributed by atoms with Crippen LogP contribution in [0.1, 0.15) is 16.7 Å². The van der Waals surface area contributed by atoms with E-state index in [0.29, 0.717) is 31.1 Å². The molecule has 1 fully saturated rings. The summed E-state index contributed by atoms with van der Waals surface area (Å²) in [6.45, 7) is 7.70. The summed E-state index contributed by atoms with van der Waals surface area (Å²) >= 11 is 0. The molecule has 1 aliphatic rings. The SMILES string of the molecule is Cc1cc(C)c(S(=O)(=O)N2CCN(c3ccc(F)cc3)CC2)c(C)c1. The second kappa shape index (κ2) is 6.77. The van der Waals surface area contributed by atoms with E-state index in [1.165, 1.54) is 12.1 Å². The van der Waals surface area contributed by atoms with Crippen molar-refractivity contribution in [1.82, 2.24) is 4.31 Å². The van der Waals surface area contributed by atoms with Gasteiger partial charge in [0, 0.05) is 31.9 Å². The van der Waals surface area contributed by atoms with Gasteiger partial charge >= 0.3 is 0 Å². The average molecular weight is 362 g/mol. The summed E-state index contributed by atoms with van der Waals surface area (Å²) in [5.74, 6) is -0.268. The molecule has 0 spiro atoms. The molecule has 0 atom stereocenters. The molecule has 0 bridgehead atoms. The fraction of sp³-hybridized carbons (Fsp3) is 0.368. The predicted molar refractivity (Wildman–Crippen MR) is 98.0 cm³/mol. The summed E-state index contributed by atoms with van der Waals surface area (Å²) < 4.78 is 40.8. The van der Waals surface area contributed by atoms with Gasteiger partial charge in [-0.2, -0.15) is 4.31 Å². The Hall–Kier alpha value is -1.92. The first-order valence-electron chi connectivity index (χ1n) is 8.37. The lowest BCUT2D eigenvalue weighted by atomic mass is 10.1. The lowest BCUT2D eigenvalue weighted by Crippen LogP contribution is -2.48. The van der Waals surface area contributed by atoms with Gasteiger partial charge in [-0.25, -0.2) is 12.8 Å². The van der Waals surface area contributed by atoms with E-state index < -0.39 is 10.0 Å². The van der Waals surface area contributed by atoms with Crippen LogP contribution >= 0.6 is 0 Å². The molecule has 1 aliphatic heterocycles. The highest BCUT2D eigenvalue weighted by atomic mass is 32.2. The van der Waals surface area contributed by atoms with Crippen molar-refractivity contribution in [1.29, 1.82) is 0 Å². The molecular weight excluding hydrogens is 339 g/mol. The Labute approximate surface area is 148 Å². The van der Waals surface area contributed by atoms with E-state index in [9.17, 15) is 12.8 Å². The minimum atomic E-state index is -3.51. The Morgan fingerprint density at radius 3 is 1.92 bits per heavy atom. The molecule has 0 radical (unpaired) electrons. The molecule has 1 saturated heterocycles. The highest BCUT2D eigenvalue weighted by Gasteiger charge is 2.30. The molecule has 134 valence electrons. The summed E-state index contributed by atoms with van der Waals surface area (Å²) in [6.07, 6.45) is 0. The van der Waals surface area contributed by atoms with Crippen LogP contribution in [0.15, 0.2) is 41.3 Å². The Balaban J connectivity index is 1.79. The first-order chi connectivity index (χ1) is 11.8. The van der Waals surface area contributed by atoms with Crippen LogP contribution in [0.3, 0.4) is 0 Å². The third kappa shape index (κ3) is 3.55. The number of sulfonamides is 1. The molecule has 3 rings (SSSR count). The standard InChI is InChI=1S/C19H23FN2O2S/c1-14-12-15(2)19(16(3)13-14)25(23,24)22-10-8-21(9-11-22)18-6-4-17(20)5-7-18/h4-7,12-13H,8-11H2,1-3H3. The zero-order valence-corrected chi connectivity index (χ0v) is 15.6. The topological polar surface area (TPSA) is 40.6 Å². The molecule has 2 aromatic rings. The Morgan fingerprint density at radius 2 is 1.40 bits per heavy atom. The first kappa shape index (κ1) is 17.9. The Morgan fingerprint density at radius 1 is 0.880 bits per heavy atom. The quantitative estimate of drug-likeness (QED) is 0.841. The van der Waals surface area contributed by atoms with Crippen molar-refractivity contribution >= 4 is 15.7 Å². The molecule has 0 unspecified atom stereocenters. The minimum Gasteiger partial charge on any atom is -0.369 e. The number of benzene rings is 2. The number of hydrogen-bond donors (Lipinski definition) is 0. The summed E-state index contributed by atoms with van der Waals surface area (Å²) in [7, 11) is -3.51. The number of aryl methyl sites for hydroxylation is 3. The van der Waals surface area contributed by atoms with Gasteiger partial charge in [-0.15, -0.1) is 0 Å². The Bertz CT molecular complexity index is 848. The van der Waals surface area contributed by atoms with Crippen molar-refractivity contribution in [2.45, 2.75) is 25.7 Å². The highest BCUT2D eigenvalue weighted by Crippen LogP contribution is 2.27. The van der Waals surface area contributed by atoms with Crippen LogP contribution in [0.5, 0.6) is 0 Å². The largest absolute Gasteiger partial charge is 0.369 e. The van der Waals surface area contributed by atoms with Crippen LogP contribution in [0.25, 0.3) is 0 Å². The van der Waals surface area contributed by atoms with Crippen LogP contribution in [0.4, 0.5) is 10.1 Å². The maximum Gasteiger partial charge on any atom is 0.243 e. The average Bonchev–Trinajstić information content (AvgIpc) is 2.54. The molecule has 4 nitrogen and oxygen atoms in total. The van der Waals surface area contributed by atoms with Crippen LogP contribution < -0.4 is 4.90 Å². The van der Waals surface area contributed by atoms with Gasteiger partial charge in [-0.3, -0.25) is 0 Å². The smallest absolute Gasteiger partial charge is 0.243 e. The fourth-order valence-corrected chi connectivity index (χ4v) is 5.38.